The van der Waals surface area contributed by atoms with Gasteiger partial charge in [-0.15, -0.1) is 0 Å². The summed E-state index contributed by atoms with van der Waals surface area (Å²) in [5.41, 5.74) is 2.09. The summed E-state index contributed by atoms with van der Waals surface area (Å²) in [4.78, 5) is 42.3. The third-order valence-electron chi connectivity index (χ3n) is 6.62. The first-order valence-corrected chi connectivity index (χ1v) is 13.4. The van der Waals surface area contributed by atoms with Gasteiger partial charge in [0.05, 0.1) is 0 Å². The Balaban J connectivity index is 2.49. The zero-order valence-corrected chi connectivity index (χ0v) is 23.7. The van der Waals surface area contributed by atoms with Gasteiger partial charge in [0.15, 0.2) is 0 Å². The Morgan fingerprint density at radius 1 is 1.00 bits per heavy atom. The van der Waals surface area contributed by atoms with Crippen molar-refractivity contribution in [3.63, 3.8) is 0 Å². The first-order chi connectivity index (χ1) is 16.7. The zero-order chi connectivity index (χ0) is 27.2. The monoisotopic (exact) mass is 501 g/mol. The molecule has 3 amide bonds. The van der Waals surface area contributed by atoms with Crippen LogP contribution in [-0.4, -0.2) is 46.5 Å². The molecule has 7 nitrogen and oxygen atoms in total. The molecular weight excluding hydrogens is 454 g/mol. The smallest absolute Gasteiger partial charge is 0.408 e. The van der Waals surface area contributed by atoms with Crippen LogP contribution >= 0.6 is 0 Å². The van der Waals surface area contributed by atoms with Crippen LogP contribution < -0.4 is 10.6 Å². The molecule has 7 heteroatoms. The summed E-state index contributed by atoms with van der Waals surface area (Å²) in [7, 11) is 0. The summed E-state index contributed by atoms with van der Waals surface area (Å²) < 4.78 is 5.44. The number of benzene rings is 1. The minimum atomic E-state index is -0.836. The number of hydrogen-bond acceptors (Lipinski definition) is 4. The average Bonchev–Trinajstić information content (AvgIpc) is 2.76. The van der Waals surface area contributed by atoms with Crippen molar-refractivity contribution in [2.75, 3.05) is 0 Å². The molecule has 0 radical (unpaired) electrons. The van der Waals surface area contributed by atoms with Crippen molar-refractivity contribution in [2.24, 2.45) is 5.92 Å². The van der Waals surface area contributed by atoms with Crippen LogP contribution in [0, 0.1) is 19.8 Å². The van der Waals surface area contributed by atoms with Gasteiger partial charge in [0.2, 0.25) is 11.8 Å². The molecule has 2 rings (SSSR count). The predicted molar refractivity (Wildman–Crippen MR) is 144 cm³/mol. The van der Waals surface area contributed by atoms with E-state index < -0.39 is 23.8 Å². The fraction of sp³-hybridized carbons (Fsp3) is 0.690. The largest absolute Gasteiger partial charge is 0.444 e. The summed E-state index contributed by atoms with van der Waals surface area (Å²) in [6.07, 6.45) is 4.65. The van der Waals surface area contributed by atoms with Crippen LogP contribution in [0.15, 0.2) is 18.2 Å². The second-order valence-electron chi connectivity index (χ2n) is 11.8. The molecule has 0 spiro atoms. The molecule has 2 N–H and O–H groups in total. The van der Waals surface area contributed by atoms with Gasteiger partial charge in [0.1, 0.15) is 17.7 Å². The van der Waals surface area contributed by atoms with Crippen LogP contribution in [0.25, 0.3) is 0 Å². The van der Waals surface area contributed by atoms with Gasteiger partial charge in [0.25, 0.3) is 0 Å². The number of nitrogens with zero attached hydrogens (tertiary/aromatic N) is 1. The highest BCUT2D eigenvalue weighted by atomic mass is 16.6. The molecule has 0 aromatic heterocycles. The number of amides is 3. The quantitative estimate of drug-likeness (QED) is 0.487. The van der Waals surface area contributed by atoms with Gasteiger partial charge in [-0.1, -0.05) is 56.9 Å². The zero-order valence-electron chi connectivity index (χ0n) is 23.7. The molecule has 0 aliphatic heterocycles. The normalized spacial score (nSPS) is 16.4. The maximum absolute atomic E-state index is 14.1. The molecule has 36 heavy (non-hydrogen) atoms. The second-order valence-corrected chi connectivity index (χ2v) is 11.8. The lowest BCUT2D eigenvalue weighted by Crippen LogP contribution is -2.57. The third-order valence-corrected chi connectivity index (χ3v) is 6.62. The van der Waals surface area contributed by atoms with Gasteiger partial charge in [-0.3, -0.25) is 9.59 Å². The molecule has 1 aliphatic carbocycles. The van der Waals surface area contributed by atoms with Crippen LogP contribution in [0.2, 0.25) is 0 Å². The minimum absolute atomic E-state index is 0.115. The predicted octanol–water partition coefficient (Wildman–Crippen LogP) is 5.58. The van der Waals surface area contributed by atoms with Crippen LogP contribution in [0.4, 0.5) is 4.79 Å². The maximum atomic E-state index is 14.1. The summed E-state index contributed by atoms with van der Waals surface area (Å²) in [6, 6.07) is 4.20. The first-order valence-electron chi connectivity index (χ1n) is 13.4. The molecule has 2 atom stereocenters. The molecule has 1 aromatic rings. The van der Waals surface area contributed by atoms with E-state index in [1.807, 2.05) is 59.7 Å². The fourth-order valence-corrected chi connectivity index (χ4v) is 4.79. The standard InChI is InChI=1S/C29H47N3O4/c1-18(2)24(31-28(35)36-29(7,8)9)27(34)32(19(3)4)25(23-17-20(5)15-16-21(23)6)26(33)30-22-13-11-10-12-14-22/h15-19,22,24-25H,10-14H2,1-9H3,(H,30,33)(H,31,35). The number of carbonyl (C=O) groups is 3. The Bertz CT molecular complexity index is 914. The van der Waals surface area contributed by atoms with E-state index in [2.05, 4.69) is 10.6 Å². The first kappa shape index (κ1) is 29.7. The van der Waals surface area contributed by atoms with Gasteiger partial charge >= 0.3 is 6.09 Å². The lowest BCUT2D eigenvalue weighted by Gasteiger charge is -2.39. The molecule has 1 fully saturated rings. The summed E-state index contributed by atoms with van der Waals surface area (Å²) in [5, 5.41) is 6.03. The third kappa shape index (κ3) is 8.24. The number of ether oxygens (including phenoxy) is 1. The average molecular weight is 502 g/mol. The summed E-state index contributed by atoms with van der Waals surface area (Å²) in [5.74, 6) is -0.667. The molecule has 1 aromatic carbocycles. The SMILES string of the molecule is Cc1ccc(C)c(C(C(=O)NC2CCCCC2)N(C(=O)C(NC(=O)OC(C)(C)C)C(C)C)C(C)C)c1. The van der Waals surface area contributed by atoms with E-state index in [1.54, 1.807) is 25.7 Å². The Morgan fingerprint density at radius 2 is 1.61 bits per heavy atom. The lowest BCUT2D eigenvalue weighted by atomic mass is 9.92. The van der Waals surface area contributed by atoms with Crippen molar-refractivity contribution in [1.29, 1.82) is 0 Å². The van der Waals surface area contributed by atoms with Gasteiger partial charge in [-0.2, -0.15) is 0 Å². The fourth-order valence-electron chi connectivity index (χ4n) is 4.79. The van der Waals surface area contributed by atoms with Gasteiger partial charge in [-0.25, -0.2) is 4.79 Å². The molecule has 0 saturated heterocycles. The van der Waals surface area contributed by atoms with Gasteiger partial charge in [0, 0.05) is 12.1 Å². The molecule has 202 valence electrons. The molecule has 0 bridgehead atoms. The van der Waals surface area contributed by atoms with E-state index in [9.17, 15) is 14.4 Å². The Labute approximate surface area is 217 Å². The highest BCUT2D eigenvalue weighted by Crippen LogP contribution is 2.30. The minimum Gasteiger partial charge on any atom is -0.444 e. The van der Waals surface area contributed by atoms with Crippen LogP contribution in [0.5, 0.6) is 0 Å². The Hall–Kier alpha value is -2.57. The highest BCUT2D eigenvalue weighted by Gasteiger charge is 2.40. The number of alkyl carbamates (subject to hydrolysis) is 1. The van der Waals surface area contributed by atoms with Crippen molar-refractivity contribution in [3.8, 4) is 0 Å². The van der Waals surface area contributed by atoms with Gasteiger partial charge in [-0.05, 0) is 78.4 Å². The van der Waals surface area contributed by atoms with E-state index in [1.165, 1.54) is 6.42 Å². The van der Waals surface area contributed by atoms with Crippen molar-refractivity contribution in [3.05, 3.63) is 34.9 Å². The van der Waals surface area contributed by atoms with Crippen molar-refractivity contribution >= 4 is 17.9 Å². The maximum Gasteiger partial charge on any atom is 0.408 e. The highest BCUT2D eigenvalue weighted by molar-refractivity contribution is 5.92. The lowest BCUT2D eigenvalue weighted by molar-refractivity contribution is -0.145. The summed E-state index contributed by atoms with van der Waals surface area (Å²) in [6.45, 7) is 16.9. The molecule has 2 unspecified atom stereocenters. The molecule has 1 saturated carbocycles. The topological polar surface area (TPSA) is 87.7 Å². The van der Waals surface area contributed by atoms with Crippen molar-refractivity contribution in [2.45, 2.75) is 124 Å². The Morgan fingerprint density at radius 3 is 2.14 bits per heavy atom. The van der Waals surface area contributed by atoms with Crippen LogP contribution in [0.1, 0.15) is 103 Å². The van der Waals surface area contributed by atoms with E-state index in [0.29, 0.717) is 0 Å². The number of aryl methyl sites for hydroxylation is 2. The van der Waals surface area contributed by atoms with Crippen molar-refractivity contribution < 1.29 is 19.1 Å². The Kier molecular flexibility index (Phi) is 10.4. The van der Waals surface area contributed by atoms with Crippen LogP contribution in [0.3, 0.4) is 0 Å². The summed E-state index contributed by atoms with van der Waals surface area (Å²) >= 11 is 0. The molecule has 1 aliphatic rings. The van der Waals surface area contributed by atoms with Crippen LogP contribution in [-0.2, 0) is 14.3 Å². The number of nitrogens with one attached hydrogen (secondary N) is 2. The van der Waals surface area contributed by atoms with E-state index >= 15 is 0 Å². The number of rotatable bonds is 8. The van der Waals surface area contributed by atoms with Crippen molar-refractivity contribution in [1.82, 2.24) is 15.5 Å². The van der Waals surface area contributed by atoms with E-state index in [-0.39, 0.29) is 29.8 Å². The number of hydrogen-bond donors (Lipinski definition) is 2. The second kappa shape index (κ2) is 12.6. The molecule has 0 heterocycles. The molecular formula is C29H47N3O4. The van der Waals surface area contributed by atoms with E-state index in [0.717, 1.165) is 42.4 Å². The van der Waals surface area contributed by atoms with E-state index in [4.69, 9.17) is 4.74 Å². The number of carbonyl (C=O) groups excluding carboxylic acids is 3. The van der Waals surface area contributed by atoms with Gasteiger partial charge < -0.3 is 20.3 Å².